The van der Waals surface area contributed by atoms with Crippen LogP contribution in [-0.4, -0.2) is 17.6 Å². The number of ketones is 1. The molecule has 0 aliphatic rings. The third kappa shape index (κ3) is 4.39. The number of rotatable bonds is 3. The first-order valence-corrected chi connectivity index (χ1v) is 7.52. The predicted octanol–water partition coefficient (Wildman–Crippen LogP) is 3.07. The number of anilines is 2. The molecule has 0 saturated heterocycles. The lowest BCUT2D eigenvalue weighted by Crippen LogP contribution is -2.29. The smallest absolute Gasteiger partial charge is 0.314 e. The number of amides is 2. The number of carbonyl (C=O) groups is 3. The van der Waals surface area contributed by atoms with Gasteiger partial charge in [0.05, 0.1) is 0 Å². The normalized spacial score (nSPS) is 9.91. The van der Waals surface area contributed by atoms with E-state index in [1.165, 1.54) is 6.92 Å². The zero-order valence-electron chi connectivity index (χ0n) is 11.7. The van der Waals surface area contributed by atoms with E-state index >= 15 is 0 Å². The van der Waals surface area contributed by atoms with E-state index in [0.717, 1.165) is 3.57 Å². The number of Topliss-reactive ketones (excluding diaryl/α,β-unsaturated/α-hetero) is 1. The van der Waals surface area contributed by atoms with Crippen molar-refractivity contribution in [3.63, 3.8) is 0 Å². The number of hydrogen-bond acceptors (Lipinski definition) is 3. The molecule has 2 rings (SSSR count). The van der Waals surface area contributed by atoms with E-state index in [0.29, 0.717) is 16.9 Å². The highest BCUT2D eigenvalue weighted by Crippen LogP contribution is 2.12. The van der Waals surface area contributed by atoms with Crippen LogP contribution in [-0.2, 0) is 9.59 Å². The summed E-state index contributed by atoms with van der Waals surface area (Å²) in [6, 6.07) is 13.4. The van der Waals surface area contributed by atoms with Gasteiger partial charge < -0.3 is 10.6 Å². The predicted molar refractivity (Wildman–Crippen MR) is 92.9 cm³/mol. The molecule has 0 saturated carbocycles. The second-order valence-electron chi connectivity index (χ2n) is 4.55. The van der Waals surface area contributed by atoms with Crippen LogP contribution < -0.4 is 10.6 Å². The molecule has 6 heteroatoms. The Balaban J connectivity index is 1.97. The fourth-order valence-corrected chi connectivity index (χ4v) is 2.06. The van der Waals surface area contributed by atoms with Crippen LogP contribution in [0.15, 0.2) is 48.5 Å². The molecule has 0 bridgehead atoms. The minimum Gasteiger partial charge on any atom is -0.318 e. The average Bonchev–Trinajstić information content (AvgIpc) is 2.50. The molecule has 0 atom stereocenters. The molecule has 0 spiro atoms. The first-order valence-electron chi connectivity index (χ1n) is 6.44. The second kappa shape index (κ2) is 7.17. The molecule has 2 aromatic carbocycles. The van der Waals surface area contributed by atoms with E-state index in [-0.39, 0.29) is 5.78 Å². The number of benzene rings is 2. The quantitative estimate of drug-likeness (QED) is 0.466. The summed E-state index contributed by atoms with van der Waals surface area (Å²) in [6.45, 7) is 1.46. The molecule has 0 fully saturated rings. The van der Waals surface area contributed by atoms with Gasteiger partial charge in [0.15, 0.2) is 5.78 Å². The summed E-state index contributed by atoms with van der Waals surface area (Å²) in [5.74, 6) is -1.58. The Labute approximate surface area is 141 Å². The molecule has 0 heterocycles. The molecule has 0 aromatic heterocycles. The van der Waals surface area contributed by atoms with Crippen LogP contribution in [0, 0.1) is 3.57 Å². The highest BCUT2D eigenvalue weighted by molar-refractivity contribution is 14.1. The van der Waals surface area contributed by atoms with E-state index in [9.17, 15) is 14.4 Å². The summed E-state index contributed by atoms with van der Waals surface area (Å²) in [4.78, 5) is 34.8. The third-order valence-corrected chi connectivity index (χ3v) is 3.58. The van der Waals surface area contributed by atoms with Crippen molar-refractivity contribution in [2.75, 3.05) is 10.6 Å². The zero-order valence-corrected chi connectivity index (χ0v) is 13.9. The second-order valence-corrected chi connectivity index (χ2v) is 5.79. The van der Waals surface area contributed by atoms with E-state index < -0.39 is 11.8 Å². The zero-order chi connectivity index (χ0) is 16.1. The highest BCUT2D eigenvalue weighted by atomic mass is 127. The number of hydrogen-bond donors (Lipinski definition) is 2. The summed E-state index contributed by atoms with van der Waals surface area (Å²) in [5.41, 5.74) is 1.54. The van der Waals surface area contributed by atoms with E-state index in [2.05, 4.69) is 33.2 Å². The third-order valence-electron chi connectivity index (χ3n) is 2.86. The van der Waals surface area contributed by atoms with Gasteiger partial charge in [0.1, 0.15) is 0 Å². The lowest BCUT2D eigenvalue weighted by molar-refractivity contribution is -0.132. The molecule has 2 N–H and O–H groups in total. The molecule has 22 heavy (non-hydrogen) atoms. The summed E-state index contributed by atoms with van der Waals surface area (Å²) in [7, 11) is 0. The van der Waals surface area contributed by atoms with E-state index in [1.54, 1.807) is 36.4 Å². The van der Waals surface area contributed by atoms with Gasteiger partial charge in [0.25, 0.3) is 0 Å². The monoisotopic (exact) mass is 408 g/mol. The van der Waals surface area contributed by atoms with Crippen molar-refractivity contribution in [3.8, 4) is 0 Å². The first kappa shape index (κ1) is 16.2. The van der Waals surface area contributed by atoms with Gasteiger partial charge >= 0.3 is 11.8 Å². The molecule has 5 nitrogen and oxygen atoms in total. The Morgan fingerprint density at radius 1 is 0.773 bits per heavy atom. The first-order chi connectivity index (χ1) is 10.5. The van der Waals surface area contributed by atoms with Crippen molar-refractivity contribution in [1.82, 2.24) is 0 Å². The highest BCUT2D eigenvalue weighted by Gasteiger charge is 2.14. The molecule has 2 aromatic rings. The molecular weight excluding hydrogens is 395 g/mol. The largest absolute Gasteiger partial charge is 0.318 e. The van der Waals surface area contributed by atoms with Gasteiger partial charge in [-0.1, -0.05) is 0 Å². The number of halogens is 1. The van der Waals surface area contributed by atoms with Crippen molar-refractivity contribution in [2.45, 2.75) is 6.92 Å². The van der Waals surface area contributed by atoms with Crippen LogP contribution >= 0.6 is 22.6 Å². The molecule has 0 aliphatic heterocycles. The van der Waals surface area contributed by atoms with Gasteiger partial charge in [-0.3, -0.25) is 14.4 Å². The maximum absolute atomic E-state index is 11.8. The van der Waals surface area contributed by atoms with Crippen LogP contribution in [0.3, 0.4) is 0 Å². The molecule has 0 aliphatic carbocycles. The fraction of sp³-hybridized carbons (Fsp3) is 0.0625. The lowest BCUT2D eigenvalue weighted by atomic mass is 10.1. The standard InChI is InChI=1S/C16H13IN2O3/c1-10(20)11-2-6-13(7-3-11)18-15(21)16(22)19-14-8-4-12(17)5-9-14/h2-9H,1H3,(H,18,21)(H,19,22). The van der Waals surface area contributed by atoms with Crippen molar-refractivity contribution in [2.24, 2.45) is 0 Å². The maximum Gasteiger partial charge on any atom is 0.314 e. The number of nitrogens with one attached hydrogen (secondary N) is 2. The van der Waals surface area contributed by atoms with Gasteiger partial charge in [0, 0.05) is 20.5 Å². The molecule has 2 amide bonds. The van der Waals surface area contributed by atoms with Crippen molar-refractivity contribution in [1.29, 1.82) is 0 Å². The minimum absolute atomic E-state index is 0.0608. The van der Waals surface area contributed by atoms with Crippen LogP contribution in [0.5, 0.6) is 0 Å². The summed E-state index contributed by atoms with van der Waals surface area (Å²) < 4.78 is 1.03. The van der Waals surface area contributed by atoms with Crippen molar-refractivity contribution >= 4 is 51.6 Å². The van der Waals surface area contributed by atoms with Gasteiger partial charge in [-0.15, -0.1) is 0 Å². The fourth-order valence-electron chi connectivity index (χ4n) is 1.70. The average molecular weight is 408 g/mol. The maximum atomic E-state index is 11.8. The van der Waals surface area contributed by atoms with Gasteiger partial charge in [-0.05, 0) is 78.0 Å². The summed E-state index contributed by atoms with van der Waals surface area (Å²) in [5, 5.41) is 4.99. The Morgan fingerprint density at radius 2 is 1.18 bits per heavy atom. The van der Waals surface area contributed by atoms with Gasteiger partial charge in [0.2, 0.25) is 0 Å². The van der Waals surface area contributed by atoms with E-state index in [1.807, 2.05) is 12.1 Å². The molecular formula is C16H13IN2O3. The number of carbonyl (C=O) groups excluding carboxylic acids is 3. The van der Waals surface area contributed by atoms with Crippen LogP contribution in [0.1, 0.15) is 17.3 Å². The summed E-state index contributed by atoms with van der Waals surface area (Å²) >= 11 is 2.15. The van der Waals surface area contributed by atoms with Gasteiger partial charge in [-0.25, -0.2) is 0 Å². The minimum atomic E-state index is -0.769. The summed E-state index contributed by atoms with van der Waals surface area (Å²) in [6.07, 6.45) is 0. The lowest BCUT2D eigenvalue weighted by Gasteiger charge is -2.07. The molecule has 0 unspecified atom stereocenters. The Kier molecular flexibility index (Phi) is 5.26. The SMILES string of the molecule is CC(=O)c1ccc(NC(=O)C(=O)Nc2ccc(I)cc2)cc1. The van der Waals surface area contributed by atoms with Crippen molar-refractivity contribution in [3.05, 3.63) is 57.7 Å². The van der Waals surface area contributed by atoms with Crippen LogP contribution in [0.4, 0.5) is 11.4 Å². The van der Waals surface area contributed by atoms with Gasteiger partial charge in [-0.2, -0.15) is 0 Å². The van der Waals surface area contributed by atoms with Crippen LogP contribution in [0.2, 0.25) is 0 Å². The van der Waals surface area contributed by atoms with Crippen molar-refractivity contribution < 1.29 is 14.4 Å². The Morgan fingerprint density at radius 3 is 1.59 bits per heavy atom. The topological polar surface area (TPSA) is 75.3 Å². The van der Waals surface area contributed by atoms with E-state index in [4.69, 9.17) is 0 Å². The molecule has 0 radical (unpaired) electrons. The van der Waals surface area contributed by atoms with Crippen LogP contribution in [0.25, 0.3) is 0 Å². The Hall–Kier alpha value is -2.22. The Bertz CT molecular complexity index is 709. The molecule has 112 valence electrons.